The number of likely N-dealkylation sites (N-methyl/N-ethyl adjacent to an activating group) is 2. The zero-order valence-corrected chi connectivity index (χ0v) is 18.3. The Balaban J connectivity index is 0. The van der Waals surface area contributed by atoms with E-state index in [-0.39, 0.29) is 0 Å². The van der Waals surface area contributed by atoms with Gasteiger partial charge in [0.05, 0.1) is 12.3 Å². The van der Waals surface area contributed by atoms with Gasteiger partial charge in [0.25, 0.3) is 20.0 Å². The largest absolute Gasteiger partial charge is 0.503 e. The predicted molar refractivity (Wildman–Crippen MR) is 99.3 cm³/mol. The summed E-state index contributed by atoms with van der Waals surface area (Å²) in [6.07, 6.45) is 1.19. The summed E-state index contributed by atoms with van der Waals surface area (Å²) in [5.74, 6) is 0. The number of nitrogens with zero attached hydrogens (tertiary/aromatic N) is 2. The number of hydrogen-bond acceptors (Lipinski definition) is 8. The van der Waals surface area contributed by atoms with E-state index in [1.165, 1.54) is 13.1 Å². The first-order valence-electron chi connectivity index (χ1n) is 8.13. The topological polar surface area (TPSA) is 153 Å². The van der Waals surface area contributed by atoms with Crippen molar-refractivity contribution in [2.75, 3.05) is 40.3 Å². The van der Waals surface area contributed by atoms with Gasteiger partial charge in [-0.2, -0.15) is 26.3 Å². The van der Waals surface area contributed by atoms with Crippen molar-refractivity contribution >= 4 is 20.0 Å². The molecule has 0 saturated carbocycles. The first kappa shape index (κ1) is 31.4. The lowest BCUT2D eigenvalue weighted by molar-refractivity contribution is -0.0479. The van der Waals surface area contributed by atoms with E-state index in [1.807, 2.05) is 0 Å². The maximum Gasteiger partial charge on any atom is 0.503 e. The van der Waals surface area contributed by atoms with E-state index in [9.17, 15) is 34.8 Å². The maximum atomic E-state index is 10.8. The van der Waals surface area contributed by atoms with Crippen LogP contribution in [0.4, 0.5) is 26.3 Å². The van der Waals surface area contributed by atoms with Crippen molar-refractivity contribution in [1.29, 1.82) is 9.56 Å². The third-order valence-corrected chi connectivity index (χ3v) is 5.01. The van der Waals surface area contributed by atoms with Gasteiger partial charge in [-0.25, -0.2) is 18.0 Å². The molecule has 2 aliphatic rings. The average Bonchev–Trinajstić information content (AvgIpc) is 3.06. The Hall–Kier alpha value is -0.760. The van der Waals surface area contributed by atoms with Crippen molar-refractivity contribution in [2.45, 2.75) is 37.2 Å². The summed E-state index contributed by atoms with van der Waals surface area (Å²) in [6, 6.07) is 0. The fraction of sp³-hybridized carbons (Fsp3) is 1.00. The van der Waals surface area contributed by atoms with Gasteiger partial charge >= 0.3 is 11.0 Å². The van der Waals surface area contributed by atoms with Crippen molar-refractivity contribution in [2.24, 2.45) is 0 Å². The van der Waals surface area contributed by atoms with E-state index in [2.05, 4.69) is 48.4 Å². The maximum absolute atomic E-state index is 10.8. The molecule has 2 aliphatic heterocycles. The molecule has 2 saturated heterocycles. The Morgan fingerprint density at radius 2 is 1.00 bits per heavy atom. The van der Waals surface area contributed by atoms with Gasteiger partial charge in [0.2, 0.25) is 0 Å². The fourth-order valence-corrected chi connectivity index (χ4v) is 1.60. The summed E-state index contributed by atoms with van der Waals surface area (Å²) in [5, 5.41) is 6.59. The zero-order valence-electron chi connectivity index (χ0n) is 16.7. The van der Waals surface area contributed by atoms with Gasteiger partial charge in [-0.15, -0.1) is 0 Å². The predicted octanol–water partition coefficient (Wildman–Crippen LogP) is 1.79. The van der Waals surface area contributed by atoms with E-state index in [4.69, 9.17) is 18.7 Å². The van der Waals surface area contributed by atoms with Crippen LogP contribution in [0.2, 0.25) is 0 Å². The molecule has 2 rings (SSSR count). The fourth-order valence-electron chi connectivity index (χ4n) is 1.60. The van der Waals surface area contributed by atoms with Crippen molar-refractivity contribution in [3.8, 4) is 0 Å². The lowest BCUT2D eigenvalue weighted by Gasteiger charge is -2.11. The smallest absolute Gasteiger partial charge is 0.301 e. The van der Waals surface area contributed by atoms with E-state index >= 15 is 0 Å². The molecule has 0 bridgehead atoms. The molecule has 2 fully saturated rings. The third-order valence-electron chi connectivity index (χ3n) is 3.76. The normalized spacial score (nSPS) is 26.7. The van der Waals surface area contributed by atoms with Gasteiger partial charge in [0.15, 0.2) is 0 Å². The number of nitrogens with one attached hydrogen (secondary N) is 4. The van der Waals surface area contributed by atoms with Crippen LogP contribution in [0.3, 0.4) is 0 Å². The molecule has 2 heterocycles. The van der Waals surface area contributed by atoms with Crippen LogP contribution in [0, 0.1) is 9.56 Å². The summed E-state index contributed by atoms with van der Waals surface area (Å²) >= 11 is 0. The van der Waals surface area contributed by atoms with Gasteiger partial charge in [-0.05, 0) is 27.9 Å². The second-order valence-corrected chi connectivity index (χ2v) is 9.19. The first-order valence-corrected chi connectivity index (χ1v) is 11.2. The molecule has 18 heteroatoms. The highest BCUT2D eigenvalue weighted by Gasteiger charge is 2.41. The molecular formula is C12H28F6N6O4S2. The van der Waals surface area contributed by atoms with Crippen LogP contribution >= 0.6 is 0 Å². The van der Waals surface area contributed by atoms with Gasteiger partial charge in [0.1, 0.15) is 0 Å². The molecule has 0 radical (unpaired) electrons. The standard InChI is InChI=1S/2C5H12N2.2CH2F3NO2S/c2*1-5-6-3-4-7(5)2;2*2-1(3,4)8(5,6)7/h2*5-6H,3-4H2,1-2H3;2*(H2,5,6,7). The Morgan fingerprint density at radius 1 is 0.800 bits per heavy atom. The first-order chi connectivity index (χ1) is 13.1. The molecule has 0 amide bonds. The third kappa shape index (κ3) is 13.5. The van der Waals surface area contributed by atoms with Crippen LogP contribution < -0.4 is 10.6 Å². The molecule has 184 valence electrons. The van der Waals surface area contributed by atoms with Crippen molar-refractivity contribution in [3.63, 3.8) is 0 Å². The number of rotatable bonds is 0. The summed E-state index contributed by atoms with van der Waals surface area (Å²) in [6.45, 7) is 9.04. The second kappa shape index (κ2) is 12.3. The molecular weight excluding hydrogens is 470 g/mol. The molecule has 0 spiro atoms. The number of hydrogen-bond donors (Lipinski definition) is 6. The van der Waals surface area contributed by atoms with Gasteiger partial charge in [-0.1, -0.05) is 0 Å². The van der Waals surface area contributed by atoms with Gasteiger partial charge in [-0.3, -0.25) is 18.9 Å². The molecule has 6 N–H and O–H groups in total. The van der Waals surface area contributed by atoms with E-state index in [1.54, 1.807) is 0 Å². The lowest BCUT2D eigenvalue weighted by atomic mass is 10.6. The van der Waals surface area contributed by atoms with Crippen LogP contribution in [0.25, 0.3) is 0 Å². The summed E-state index contributed by atoms with van der Waals surface area (Å²) in [5.41, 5.74) is -10.6. The van der Waals surface area contributed by atoms with Crippen molar-refractivity contribution < 1.29 is 43.9 Å². The second-order valence-electron chi connectivity index (χ2n) is 6.16. The van der Waals surface area contributed by atoms with Crippen LogP contribution in [0.1, 0.15) is 13.8 Å². The molecule has 0 aromatic rings. The quantitative estimate of drug-likeness (QED) is 0.277. The zero-order chi connectivity index (χ0) is 24.6. The van der Waals surface area contributed by atoms with Crippen molar-refractivity contribution in [1.82, 2.24) is 20.4 Å². The Labute approximate surface area is 172 Å². The van der Waals surface area contributed by atoms with E-state index < -0.39 is 31.0 Å². The molecule has 0 aromatic heterocycles. The van der Waals surface area contributed by atoms with Crippen LogP contribution in [-0.2, 0) is 20.0 Å². The number of halogens is 6. The van der Waals surface area contributed by atoms with E-state index in [0.717, 1.165) is 13.1 Å². The van der Waals surface area contributed by atoms with Gasteiger partial charge < -0.3 is 10.6 Å². The minimum Gasteiger partial charge on any atom is -0.301 e. The Morgan fingerprint density at radius 3 is 1.03 bits per heavy atom. The SMILES string of the molecule is CC1NCCN1C.CC1NCCN1C.N=S(=O)(O)C(F)(F)F.N=S(=O)(O)C(F)(F)F. The minimum atomic E-state index is -5.34. The van der Waals surface area contributed by atoms with Crippen LogP contribution in [0.15, 0.2) is 0 Å². The molecule has 30 heavy (non-hydrogen) atoms. The van der Waals surface area contributed by atoms with Crippen LogP contribution in [0.5, 0.6) is 0 Å². The highest BCUT2D eigenvalue weighted by atomic mass is 32.2. The Bertz CT molecular complexity index is 625. The molecule has 0 aliphatic carbocycles. The monoisotopic (exact) mass is 498 g/mol. The highest BCUT2D eigenvalue weighted by Crippen LogP contribution is 2.21. The molecule has 10 nitrogen and oxygen atoms in total. The van der Waals surface area contributed by atoms with E-state index in [0.29, 0.717) is 12.3 Å². The average molecular weight is 499 g/mol. The molecule has 4 unspecified atom stereocenters. The van der Waals surface area contributed by atoms with Crippen LogP contribution in [-0.4, -0.2) is 90.9 Å². The Kier molecular flexibility index (Phi) is 12.9. The summed E-state index contributed by atoms with van der Waals surface area (Å²) < 4.78 is 110. The molecule has 0 aromatic carbocycles. The minimum absolute atomic E-state index is 0.597. The lowest BCUT2D eigenvalue weighted by Crippen LogP contribution is -2.28. The van der Waals surface area contributed by atoms with Crippen molar-refractivity contribution in [3.05, 3.63) is 0 Å². The highest BCUT2D eigenvalue weighted by molar-refractivity contribution is 7.88. The summed E-state index contributed by atoms with van der Waals surface area (Å²) in [4.78, 5) is 4.58. The van der Waals surface area contributed by atoms with Gasteiger partial charge in [0, 0.05) is 26.2 Å². The summed E-state index contributed by atoms with van der Waals surface area (Å²) in [7, 11) is -6.42. The number of alkyl halides is 6. The molecule has 4 atom stereocenters.